The number of ether oxygens (including phenoxy) is 1. The maximum absolute atomic E-state index is 12.4. The van der Waals surface area contributed by atoms with Gasteiger partial charge in [0, 0.05) is 29.4 Å². The molecule has 1 aliphatic rings. The van der Waals surface area contributed by atoms with Crippen molar-refractivity contribution in [1.29, 1.82) is 0 Å². The van der Waals surface area contributed by atoms with Gasteiger partial charge in [-0.25, -0.2) is 9.55 Å². The molecule has 1 amide bonds. The SMILES string of the molecule is O=C(Nc1cccc(-c2cn(C3CC(O)C(COP(=O)(O)O)O3)cn2)c1)c1ccccc1. The van der Waals surface area contributed by atoms with Gasteiger partial charge < -0.3 is 29.5 Å². The number of carbonyl (C=O) groups excluding carboxylic acids is 1. The molecule has 32 heavy (non-hydrogen) atoms. The average molecular weight is 459 g/mol. The first-order valence-corrected chi connectivity index (χ1v) is 11.4. The summed E-state index contributed by atoms with van der Waals surface area (Å²) in [5, 5.41) is 13.0. The van der Waals surface area contributed by atoms with Crippen LogP contribution in [-0.4, -0.2) is 49.2 Å². The molecule has 1 saturated heterocycles. The lowest BCUT2D eigenvalue weighted by molar-refractivity contribution is -0.0435. The molecule has 0 aliphatic carbocycles. The van der Waals surface area contributed by atoms with Gasteiger partial charge in [-0.3, -0.25) is 9.32 Å². The highest BCUT2D eigenvalue weighted by molar-refractivity contribution is 7.46. The highest BCUT2D eigenvalue weighted by atomic mass is 31.2. The number of hydrogen-bond acceptors (Lipinski definition) is 6. The summed E-state index contributed by atoms with van der Waals surface area (Å²) < 4.78 is 22.7. The van der Waals surface area contributed by atoms with Crippen LogP contribution in [0.5, 0.6) is 0 Å². The fraction of sp³-hybridized carbons (Fsp3) is 0.238. The van der Waals surface area contributed by atoms with E-state index >= 15 is 0 Å². The molecule has 3 unspecified atom stereocenters. The maximum atomic E-state index is 12.4. The third-order valence-corrected chi connectivity index (χ3v) is 5.48. The molecule has 1 aliphatic heterocycles. The molecular formula is C21H22N3O7P. The minimum absolute atomic E-state index is 0.217. The van der Waals surface area contributed by atoms with Crippen LogP contribution in [0, 0.1) is 0 Å². The van der Waals surface area contributed by atoms with E-state index in [-0.39, 0.29) is 12.3 Å². The van der Waals surface area contributed by atoms with Gasteiger partial charge in [0.05, 0.1) is 24.7 Å². The van der Waals surface area contributed by atoms with Gasteiger partial charge in [0.1, 0.15) is 12.3 Å². The van der Waals surface area contributed by atoms with E-state index in [2.05, 4.69) is 14.8 Å². The zero-order chi connectivity index (χ0) is 22.7. The number of imidazole rings is 1. The molecule has 11 heteroatoms. The van der Waals surface area contributed by atoms with E-state index in [1.54, 1.807) is 59.6 Å². The number of rotatable bonds is 7. The molecule has 1 fully saturated rings. The number of carbonyl (C=O) groups is 1. The Labute approximate surface area is 183 Å². The predicted octanol–water partition coefficient (Wildman–Crippen LogP) is 2.56. The molecule has 0 saturated carbocycles. The number of aliphatic hydroxyl groups excluding tert-OH is 1. The summed E-state index contributed by atoms with van der Waals surface area (Å²) in [5.74, 6) is -0.217. The number of hydrogen-bond donors (Lipinski definition) is 4. The fourth-order valence-electron chi connectivity index (χ4n) is 3.41. The van der Waals surface area contributed by atoms with Crippen LogP contribution >= 0.6 is 7.82 Å². The van der Waals surface area contributed by atoms with E-state index in [9.17, 15) is 14.5 Å². The number of aliphatic hydroxyl groups is 1. The molecule has 3 atom stereocenters. The fourth-order valence-corrected chi connectivity index (χ4v) is 3.75. The highest BCUT2D eigenvalue weighted by Crippen LogP contribution is 2.38. The molecule has 4 rings (SSSR count). The number of phosphoric acid groups is 1. The van der Waals surface area contributed by atoms with Crippen LogP contribution in [0.2, 0.25) is 0 Å². The molecule has 0 radical (unpaired) electrons. The molecule has 10 nitrogen and oxygen atoms in total. The van der Waals surface area contributed by atoms with Crippen molar-refractivity contribution < 1.29 is 33.5 Å². The standard InChI is InChI=1S/C21H22N3O7P/c25-18-10-20(31-19(18)12-30-32(27,28)29)24-11-17(22-13-24)15-7-4-8-16(9-15)23-21(26)14-5-2-1-3-6-14/h1-9,11,13,18-20,25H,10,12H2,(H,23,26)(H2,27,28,29). The summed E-state index contributed by atoms with van der Waals surface area (Å²) in [6.45, 7) is -0.424. The van der Waals surface area contributed by atoms with Gasteiger partial charge in [0.2, 0.25) is 0 Å². The topological polar surface area (TPSA) is 143 Å². The van der Waals surface area contributed by atoms with Crippen molar-refractivity contribution in [1.82, 2.24) is 9.55 Å². The second-order valence-electron chi connectivity index (χ2n) is 7.33. The summed E-state index contributed by atoms with van der Waals surface area (Å²) in [6.07, 6.45) is 1.15. The van der Waals surface area contributed by atoms with Crippen LogP contribution < -0.4 is 5.32 Å². The molecule has 0 spiro atoms. The third-order valence-electron chi connectivity index (χ3n) is 5.00. The van der Waals surface area contributed by atoms with Gasteiger partial charge in [-0.1, -0.05) is 30.3 Å². The Bertz CT molecular complexity index is 1130. The second kappa shape index (κ2) is 9.33. The number of nitrogens with one attached hydrogen (secondary N) is 1. The Morgan fingerprint density at radius 2 is 2.00 bits per heavy atom. The maximum Gasteiger partial charge on any atom is 0.469 e. The van der Waals surface area contributed by atoms with Crippen molar-refractivity contribution in [2.45, 2.75) is 24.9 Å². The molecular weight excluding hydrogens is 437 g/mol. The summed E-state index contributed by atoms with van der Waals surface area (Å²) in [5.41, 5.74) is 2.58. The zero-order valence-electron chi connectivity index (χ0n) is 16.8. The van der Waals surface area contributed by atoms with E-state index in [0.29, 0.717) is 16.9 Å². The van der Waals surface area contributed by atoms with Crippen molar-refractivity contribution in [2.75, 3.05) is 11.9 Å². The lowest BCUT2D eigenvalue weighted by Crippen LogP contribution is -2.25. The Hall–Kier alpha value is -2.85. The lowest BCUT2D eigenvalue weighted by Gasteiger charge is -2.15. The number of phosphoric ester groups is 1. The number of amides is 1. The average Bonchev–Trinajstić information content (AvgIpc) is 3.39. The molecule has 2 aromatic carbocycles. The summed E-state index contributed by atoms with van der Waals surface area (Å²) in [4.78, 5) is 34.4. The Morgan fingerprint density at radius 1 is 1.22 bits per heavy atom. The van der Waals surface area contributed by atoms with Crippen molar-refractivity contribution in [2.24, 2.45) is 0 Å². The highest BCUT2D eigenvalue weighted by Gasteiger charge is 2.36. The first-order chi connectivity index (χ1) is 15.3. The van der Waals surface area contributed by atoms with E-state index < -0.39 is 32.9 Å². The van der Waals surface area contributed by atoms with Crippen LogP contribution in [0.15, 0.2) is 67.1 Å². The molecule has 2 heterocycles. The van der Waals surface area contributed by atoms with Crippen LogP contribution in [0.3, 0.4) is 0 Å². The van der Waals surface area contributed by atoms with Crippen LogP contribution in [-0.2, 0) is 13.8 Å². The van der Waals surface area contributed by atoms with Crippen molar-refractivity contribution in [3.63, 3.8) is 0 Å². The van der Waals surface area contributed by atoms with Crippen LogP contribution in [0.1, 0.15) is 23.0 Å². The largest absolute Gasteiger partial charge is 0.469 e. The third kappa shape index (κ3) is 5.49. The quantitative estimate of drug-likeness (QED) is 0.395. The van der Waals surface area contributed by atoms with Gasteiger partial charge in [0.25, 0.3) is 5.91 Å². The first-order valence-electron chi connectivity index (χ1n) is 9.82. The molecule has 3 aromatic rings. The molecule has 4 N–H and O–H groups in total. The molecule has 1 aromatic heterocycles. The smallest absolute Gasteiger partial charge is 0.390 e. The van der Waals surface area contributed by atoms with Crippen LogP contribution in [0.25, 0.3) is 11.3 Å². The van der Waals surface area contributed by atoms with Crippen molar-refractivity contribution in [3.05, 3.63) is 72.7 Å². The van der Waals surface area contributed by atoms with Gasteiger partial charge in [0.15, 0.2) is 0 Å². The lowest BCUT2D eigenvalue weighted by atomic mass is 10.1. The van der Waals surface area contributed by atoms with Gasteiger partial charge >= 0.3 is 7.82 Å². The normalized spacial score (nSPS) is 20.9. The van der Waals surface area contributed by atoms with Gasteiger partial charge in [-0.15, -0.1) is 0 Å². The number of anilines is 1. The van der Waals surface area contributed by atoms with Crippen LogP contribution in [0.4, 0.5) is 5.69 Å². The zero-order valence-corrected chi connectivity index (χ0v) is 17.7. The molecule has 0 bridgehead atoms. The number of benzene rings is 2. The monoisotopic (exact) mass is 459 g/mol. The Morgan fingerprint density at radius 3 is 2.75 bits per heavy atom. The Balaban J connectivity index is 1.43. The summed E-state index contributed by atoms with van der Waals surface area (Å²) in [7, 11) is -4.65. The Kier molecular flexibility index (Phi) is 6.52. The first kappa shape index (κ1) is 22.3. The second-order valence-corrected chi connectivity index (χ2v) is 8.57. The van der Waals surface area contributed by atoms with E-state index in [4.69, 9.17) is 14.5 Å². The minimum Gasteiger partial charge on any atom is -0.390 e. The number of nitrogens with zero attached hydrogens (tertiary/aromatic N) is 2. The van der Waals surface area contributed by atoms with E-state index in [1.165, 1.54) is 0 Å². The number of aromatic nitrogens is 2. The van der Waals surface area contributed by atoms with Gasteiger partial charge in [-0.2, -0.15) is 0 Å². The summed E-state index contributed by atoms with van der Waals surface area (Å²) in [6, 6.07) is 16.1. The predicted molar refractivity (Wildman–Crippen MR) is 115 cm³/mol. The molecule has 168 valence electrons. The van der Waals surface area contributed by atoms with E-state index in [0.717, 1.165) is 5.56 Å². The van der Waals surface area contributed by atoms with Crippen molar-refractivity contribution >= 4 is 19.4 Å². The summed E-state index contributed by atoms with van der Waals surface area (Å²) >= 11 is 0. The van der Waals surface area contributed by atoms with Crippen molar-refractivity contribution in [3.8, 4) is 11.3 Å². The van der Waals surface area contributed by atoms with Gasteiger partial charge in [-0.05, 0) is 24.3 Å². The minimum atomic E-state index is -4.65. The van der Waals surface area contributed by atoms with E-state index in [1.807, 2.05) is 12.1 Å².